The van der Waals surface area contributed by atoms with E-state index in [2.05, 4.69) is 177 Å². The summed E-state index contributed by atoms with van der Waals surface area (Å²) in [5.74, 6) is 0. The number of benzene rings is 5. The molecule has 0 spiro atoms. The van der Waals surface area contributed by atoms with Crippen LogP contribution in [-0.4, -0.2) is 16.1 Å². The van der Waals surface area contributed by atoms with Gasteiger partial charge in [-0.05, 0) is 0 Å². The second kappa shape index (κ2) is 12.5. The summed E-state index contributed by atoms with van der Waals surface area (Å²) >= 11 is 0. The number of allylic oxidation sites excluding steroid dienone is 1. The molecule has 0 aliphatic heterocycles. The van der Waals surface area contributed by atoms with Crippen molar-refractivity contribution in [1.29, 1.82) is 0 Å². The molecule has 0 saturated carbocycles. The van der Waals surface area contributed by atoms with Crippen molar-refractivity contribution in [3.8, 4) is 0 Å². The molecule has 5 rings (SSSR count). The van der Waals surface area contributed by atoms with Gasteiger partial charge in [0.15, 0.2) is 0 Å². The van der Waals surface area contributed by atoms with Crippen molar-refractivity contribution in [3.05, 3.63) is 168 Å². The zero-order valence-electron chi connectivity index (χ0n) is 21.9. The molecule has 3 heteroatoms. The maximum absolute atomic E-state index is 2.56. The SMILES string of the molecule is C[Si](c1ccccc1)(c1ccccc1)[C-](/C=C/c1ccccc1)[Si](C)(c1ccccc1)c1ccccc1.[Cu+]. The van der Waals surface area contributed by atoms with Gasteiger partial charge in [-0.25, -0.2) is 17.3 Å². The normalized spacial score (nSPS) is 11.6. The average molecular weight is 573 g/mol. The summed E-state index contributed by atoms with van der Waals surface area (Å²) in [4.78, 5) is 0. The summed E-state index contributed by atoms with van der Waals surface area (Å²) in [5.41, 5.74) is 1.23. The van der Waals surface area contributed by atoms with E-state index in [0.717, 1.165) is 0 Å². The maximum atomic E-state index is 2.56. The first-order chi connectivity index (χ1) is 18.1. The number of rotatable bonds is 8. The first kappa shape index (κ1) is 27.7. The summed E-state index contributed by atoms with van der Waals surface area (Å²) in [6.45, 7) is 5.11. The van der Waals surface area contributed by atoms with E-state index in [0.29, 0.717) is 0 Å². The van der Waals surface area contributed by atoms with E-state index >= 15 is 0 Å². The second-order valence-corrected chi connectivity index (χ2v) is 18.3. The third kappa shape index (κ3) is 5.43. The van der Waals surface area contributed by atoms with Gasteiger partial charge in [0.2, 0.25) is 0 Å². The van der Waals surface area contributed by atoms with Crippen LogP contribution in [0.25, 0.3) is 6.08 Å². The van der Waals surface area contributed by atoms with Gasteiger partial charge in [0.1, 0.15) is 0 Å². The predicted octanol–water partition coefficient (Wildman–Crippen LogP) is 6.14. The molecule has 0 aliphatic carbocycles. The molecular formula is C35H33CuSi2. The van der Waals surface area contributed by atoms with Gasteiger partial charge in [0.05, 0.1) is 16.1 Å². The second-order valence-electron chi connectivity index (χ2n) is 9.87. The molecule has 0 radical (unpaired) electrons. The zero-order valence-corrected chi connectivity index (χ0v) is 24.8. The van der Waals surface area contributed by atoms with Gasteiger partial charge in [-0.3, -0.25) is 0 Å². The molecule has 0 aliphatic rings. The monoisotopic (exact) mass is 572 g/mol. The van der Waals surface area contributed by atoms with Crippen molar-refractivity contribution in [1.82, 2.24) is 0 Å². The fourth-order valence-electron chi connectivity index (χ4n) is 5.62. The Kier molecular flexibility index (Phi) is 9.09. The molecule has 0 bridgehead atoms. The topological polar surface area (TPSA) is 0 Å². The van der Waals surface area contributed by atoms with E-state index in [4.69, 9.17) is 0 Å². The van der Waals surface area contributed by atoms with Crippen molar-refractivity contribution in [2.24, 2.45) is 0 Å². The minimum Gasteiger partial charge on any atom is -0.227 e. The first-order valence-electron chi connectivity index (χ1n) is 13.0. The molecule has 5 aromatic carbocycles. The Morgan fingerprint density at radius 1 is 0.421 bits per heavy atom. The maximum Gasteiger partial charge on any atom is 1.00 e. The van der Waals surface area contributed by atoms with E-state index in [1.54, 1.807) is 5.16 Å². The molecule has 0 nitrogen and oxygen atoms in total. The summed E-state index contributed by atoms with van der Waals surface area (Å²) in [6.07, 6.45) is 4.83. The quantitative estimate of drug-likeness (QED) is 0.155. The van der Waals surface area contributed by atoms with Crippen molar-refractivity contribution in [2.75, 3.05) is 0 Å². The molecule has 0 saturated heterocycles. The van der Waals surface area contributed by atoms with Gasteiger partial charge in [0, 0.05) is 0 Å². The van der Waals surface area contributed by atoms with Gasteiger partial charge >= 0.3 is 17.1 Å². The largest absolute Gasteiger partial charge is 1.00 e. The molecule has 0 heterocycles. The molecule has 0 N–H and O–H groups in total. The Morgan fingerprint density at radius 3 is 0.974 bits per heavy atom. The van der Waals surface area contributed by atoms with Crippen molar-refractivity contribution in [2.45, 2.75) is 13.1 Å². The van der Waals surface area contributed by atoms with Crippen LogP contribution in [0.15, 0.2) is 158 Å². The summed E-state index contributed by atoms with van der Waals surface area (Å²) < 4.78 is 0. The molecule has 0 unspecified atom stereocenters. The van der Waals surface area contributed by atoms with Crippen molar-refractivity contribution in [3.63, 3.8) is 0 Å². The van der Waals surface area contributed by atoms with Crippen LogP contribution in [0, 0.1) is 5.16 Å². The summed E-state index contributed by atoms with van der Waals surface area (Å²) in [6, 6.07) is 55.6. The molecule has 0 amide bonds. The van der Waals surface area contributed by atoms with E-state index in [9.17, 15) is 0 Å². The van der Waals surface area contributed by atoms with Crippen LogP contribution in [0.4, 0.5) is 0 Å². The van der Waals surface area contributed by atoms with E-state index in [1.165, 1.54) is 26.3 Å². The van der Waals surface area contributed by atoms with Crippen LogP contribution in [-0.2, 0) is 17.1 Å². The van der Waals surface area contributed by atoms with Crippen LogP contribution in [0.2, 0.25) is 13.1 Å². The summed E-state index contributed by atoms with van der Waals surface area (Å²) in [5, 5.41) is 7.37. The zero-order chi connectivity index (χ0) is 25.6. The van der Waals surface area contributed by atoms with Crippen LogP contribution < -0.4 is 20.7 Å². The van der Waals surface area contributed by atoms with Crippen molar-refractivity contribution < 1.29 is 17.1 Å². The smallest absolute Gasteiger partial charge is 0.227 e. The molecule has 38 heavy (non-hydrogen) atoms. The fraction of sp³-hybridized carbons (Fsp3) is 0.0571. The number of hydrogen-bond donors (Lipinski definition) is 0. The van der Waals surface area contributed by atoms with E-state index in [1.807, 2.05) is 0 Å². The van der Waals surface area contributed by atoms with E-state index in [-0.39, 0.29) is 17.1 Å². The molecule has 0 fully saturated rings. The Hall–Kier alpha value is -3.34. The average Bonchev–Trinajstić information content (AvgIpc) is 2.99. The van der Waals surface area contributed by atoms with Gasteiger partial charge < -0.3 is 0 Å². The summed E-state index contributed by atoms with van der Waals surface area (Å²) in [7, 11) is -4.79. The van der Waals surface area contributed by atoms with Crippen LogP contribution in [0.5, 0.6) is 0 Å². The Labute approximate surface area is 240 Å². The van der Waals surface area contributed by atoms with Crippen LogP contribution >= 0.6 is 0 Å². The predicted molar refractivity (Wildman–Crippen MR) is 166 cm³/mol. The van der Waals surface area contributed by atoms with Crippen molar-refractivity contribution >= 4 is 43.0 Å². The standard InChI is InChI=1S/C35H33Si2.Cu/c1-36(31-20-10-4-11-21-31,32-22-12-5-13-23-32)35(29-28-30-18-8-3-9-19-30)37(2,33-24-14-6-15-25-33)34-26-16-7-17-27-34;/h3-29H,1-2H3;/q-1;+1/b29-28+;. The fourth-order valence-corrected chi connectivity index (χ4v) is 17.5. The Bertz CT molecular complexity index is 1250. The minimum atomic E-state index is -2.39. The molecule has 192 valence electrons. The van der Waals surface area contributed by atoms with Crippen LogP contribution in [0.1, 0.15) is 5.56 Å². The van der Waals surface area contributed by atoms with Gasteiger partial charge in [-0.2, -0.15) is 0 Å². The molecule has 0 atom stereocenters. The third-order valence-electron chi connectivity index (χ3n) is 7.72. The van der Waals surface area contributed by atoms with Crippen LogP contribution in [0.3, 0.4) is 0 Å². The van der Waals surface area contributed by atoms with Gasteiger partial charge in [-0.15, -0.1) is 5.56 Å². The molecule has 0 aromatic heterocycles. The molecule has 5 aromatic rings. The number of hydrogen-bond acceptors (Lipinski definition) is 0. The van der Waals surface area contributed by atoms with Gasteiger partial charge in [0.25, 0.3) is 0 Å². The van der Waals surface area contributed by atoms with Gasteiger partial charge in [-0.1, -0.05) is 186 Å². The third-order valence-corrected chi connectivity index (χ3v) is 19.2. The first-order valence-corrected chi connectivity index (χ1v) is 18.0. The van der Waals surface area contributed by atoms with E-state index < -0.39 is 16.1 Å². The Balaban J connectivity index is 0.00000336. The minimum absolute atomic E-state index is 0. The Morgan fingerprint density at radius 2 is 0.684 bits per heavy atom. The molecular weight excluding hydrogens is 540 g/mol.